The lowest BCUT2D eigenvalue weighted by Crippen LogP contribution is -2.62. The third kappa shape index (κ3) is 5.02. The molecule has 202 valence electrons. The maximum absolute atomic E-state index is 12.7. The molecule has 1 amide bonds. The molecule has 7 heteroatoms. The maximum atomic E-state index is 12.7. The lowest BCUT2D eigenvalue weighted by atomic mass is 9.45. The van der Waals surface area contributed by atoms with E-state index in [1.54, 1.807) is 6.92 Å². The minimum atomic E-state index is -0.611. The molecule has 0 aromatic heterocycles. The van der Waals surface area contributed by atoms with Crippen molar-refractivity contribution >= 4 is 17.7 Å². The van der Waals surface area contributed by atoms with Crippen LogP contribution < -0.4 is 10.6 Å². The molecule has 3 fully saturated rings. The number of carbonyl (C=O) groups is 3. The van der Waals surface area contributed by atoms with E-state index in [0.717, 1.165) is 38.5 Å². The second kappa shape index (κ2) is 9.86. The Bertz CT molecular complexity index is 923. The molecule has 8 atom stereocenters. The minimum Gasteiger partial charge on any atom is -0.444 e. The molecule has 36 heavy (non-hydrogen) atoms. The third-order valence-corrected chi connectivity index (χ3v) is 9.98. The van der Waals surface area contributed by atoms with Gasteiger partial charge in [-0.1, -0.05) is 19.4 Å². The van der Waals surface area contributed by atoms with Gasteiger partial charge in [0.25, 0.3) is 0 Å². The summed E-state index contributed by atoms with van der Waals surface area (Å²) in [4.78, 5) is 37.3. The highest BCUT2D eigenvalue weighted by Crippen LogP contribution is 2.66. The van der Waals surface area contributed by atoms with Crippen molar-refractivity contribution in [1.82, 2.24) is 10.6 Å². The van der Waals surface area contributed by atoms with Crippen molar-refractivity contribution in [3.8, 4) is 0 Å². The van der Waals surface area contributed by atoms with E-state index in [0.29, 0.717) is 36.5 Å². The van der Waals surface area contributed by atoms with E-state index in [4.69, 9.17) is 4.74 Å². The van der Waals surface area contributed by atoms with E-state index < -0.39 is 17.7 Å². The van der Waals surface area contributed by atoms with Crippen molar-refractivity contribution in [2.75, 3.05) is 13.2 Å². The standard InChI is InChI=1S/C29H46N2O5/c1-17(33)22-9-10-23-21-8-7-18-13-20(34)11-12-28(18,5)25(21)24(14-29(22,23)6)30-15-19(16-32)31-26(35)36-27(2,3)4/h13,19,21-25,30,32H,7-12,14-16H2,1-6H3,(H,31,35)/t19-,21+,22-,23+,24+,25-,28+,29-/m1/s1. The van der Waals surface area contributed by atoms with Gasteiger partial charge in [0, 0.05) is 24.9 Å². The van der Waals surface area contributed by atoms with Crippen LogP contribution >= 0.6 is 0 Å². The topological polar surface area (TPSA) is 105 Å². The molecule has 0 bridgehead atoms. The van der Waals surface area contributed by atoms with Crippen LogP contribution in [0.1, 0.15) is 86.5 Å². The van der Waals surface area contributed by atoms with Gasteiger partial charge in [0.05, 0.1) is 12.6 Å². The van der Waals surface area contributed by atoms with Crippen LogP contribution in [0.3, 0.4) is 0 Å². The zero-order valence-corrected chi connectivity index (χ0v) is 23.0. The van der Waals surface area contributed by atoms with Crippen LogP contribution in [-0.2, 0) is 14.3 Å². The van der Waals surface area contributed by atoms with Crippen molar-refractivity contribution in [3.63, 3.8) is 0 Å². The van der Waals surface area contributed by atoms with Crippen LogP contribution in [0.2, 0.25) is 0 Å². The third-order valence-electron chi connectivity index (χ3n) is 9.98. The van der Waals surface area contributed by atoms with Crippen LogP contribution in [0.15, 0.2) is 11.6 Å². The highest BCUT2D eigenvalue weighted by molar-refractivity contribution is 5.91. The van der Waals surface area contributed by atoms with Gasteiger partial charge in [-0.25, -0.2) is 4.79 Å². The normalized spacial score (nSPS) is 38.8. The quantitative estimate of drug-likeness (QED) is 0.503. The van der Waals surface area contributed by atoms with Gasteiger partial charge in [-0.05, 0) is 101 Å². The van der Waals surface area contributed by atoms with Crippen molar-refractivity contribution < 1.29 is 24.2 Å². The smallest absolute Gasteiger partial charge is 0.407 e. The number of ether oxygens (including phenoxy) is 1. The monoisotopic (exact) mass is 502 g/mol. The summed E-state index contributed by atoms with van der Waals surface area (Å²) < 4.78 is 5.39. The number of hydrogen-bond acceptors (Lipinski definition) is 6. The largest absolute Gasteiger partial charge is 0.444 e. The fourth-order valence-corrected chi connectivity index (χ4v) is 8.54. The summed E-state index contributed by atoms with van der Waals surface area (Å²) in [6.07, 6.45) is 7.82. The first kappa shape index (κ1) is 27.3. The minimum absolute atomic E-state index is 0.0442. The van der Waals surface area contributed by atoms with Crippen LogP contribution in [0, 0.1) is 34.5 Å². The number of rotatable bonds is 6. The second-order valence-electron chi connectivity index (χ2n) is 13.4. The highest BCUT2D eigenvalue weighted by atomic mass is 16.6. The maximum Gasteiger partial charge on any atom is 0.407 e. The van der Waals surface area contributed by atoms with Gasteiger partial charge in [-0.3, -0.25) is 9.59 Å². The molecular weight excluding hydrogens is 456 g/mol. The molecule has 7 nitrogen and oxygen atoms in total. The number of Topliss-reactive ketones (excluding diaryl/α,β-unsaturated/α-hetero) is 1. The summed E-state index contributed by atoms with van der Waals surface area (Å²) in [5.74, 6) is 1.98. The average molecular weight is 503 g/mol. The van der Waals surface area contributed by atoms with Crippen LogP contribution in [0.4, 0.5) is 4.79 Å². The number of nitrogens with one attached hydrogen (secondary N) is 2. The number of carbonyl (C=O) groups excluding carboxylic acids is 3. The molecule has 0 radical (unpaired) electrons. The Morgan fingerprint density at radius 1 is 1.19 bits per heavy atom. The summed E-state index contributed by atoms with van der Waals surface area (Å²) in [6, 6.07) is -0.344. The zero-order valence-electron chi connectivity index (χ0n) is 23.0. The Hall–Kier alpha value is -1.73. The fraction of sp³-hybridized carbons (Fsp3) is 0.828. The Kier molecular flexibility index (Phi) is 7.48. The molecule has 3 saturated carbocycles. The lowest BCUT2D eigenvalue weighted by molar-refractivity contribution is -0.130. The molecule has 0 aliphatic heterocycles. The van der Waals surface area contributed by atoms with Gasteiger partial charge in [-0.2, -0.15) is 0 Å². The highest BCUT2D eigenvalue weighted by Gasteiger charge is 2.62. The van der Waals surface area contributed by atoms with Gasteiger partial charge in [0.15, 0.2) is 5.78 Å². The number of hydrogen-bond donors (Lipinski definition) is 3. The first-order valence-corrected chi connectivity index (χ1v) is 13.9. The molecule has 4 rings (SSSR count). The average Bonchev–Trinajstić information content (AvgIpc) is 3.12. The Morgan fingerprint density at radius 3 is 2.56 bits per heavy atom. The summed E-state index contributed by atoms with van der Waals surface area (Å²) in [6.45, 7) is 12.1. The molecule has 4 aliphatic rings. The van der Waals surface area contributed by atoms with Gasteiger partial charge >= 0.3 is 6.09 Å². The molecule has 4 aliphatic carbocycles. The van der Waals surface area contributed by atoms with Crippen molar-refractivity contribution in [2.45, 2.75) is 104 Å². The van der Waals surface area contributed by atoms with E-state index >= 15 is 0 Å². The van der Waals surface area contributed by atoms with Crippen molar-refractivity contribution in [1.29, 1.82) is 0 Å². The molecule has 0 aromatic carbocycles. The van der Waals surface area contributed by atoms with E-state index in [1.165, 1.54) is 5.57 Å². The van der Waals surface area contributed by atoms with E-state index in [9.17, 15) is 19.5 Å². The van der Waals surface area contributed by atoms with Gasteiger partial charge < -0.3 is 20.5 Å². The second-order valence-corrected chi connectivity index (χ2v) is 13.4. The predicted molar refractivity (Wildman–Crippen MR) is 138 cm³/mol. The van der Waals surface area contributed by atoms with Gasteiger partial charge in [0.2, 0.25) is 0 Å². The number of allylic oxidation sites excluding steroid dienone is 1. The Morgan fingerprint density at radius 2 is 1.92 bits per heavy atom. The number of aliphatic hydroxyl groups excluding tert-OH is 1. The molecule has 0 unspecified atom stereocenters. The molecule has 0 aromatic rings. The zero-order chi connectivity index (χ0) is 26.5. The summed E-state index contributed by atoms with van der Waals surface area (Å²) in [5.41, 5.74) is 0.583. The lowest BCUT2D eigenvalue weighted by Gasteiger charge is -2.61. The molecule has 0 heterocycles. The summed E-state index contributed by atoms with van der Waals surface area (Å²) >= 11 is 0. The first-order chi connectivity index (χ1) is 16.8. The number of aliphatic hydroxyl groups is 1. The summed E-state index contributed by atoms with van der Waals surface area (Å²) in [5, 5.41) is 16.6. The van der Waals surface area contributed by atoms with Crippen LogP contribution in [-0.4, -0.2) is 53.6 Å². The Balaban J connectivity index is 1.60. The number of ketones is 2. The molecule has 0 saturated heterocycles. The summed E-state index contributed by atoms with van der Waals surface area (Å²) in [7, 11) is 0. The van der Waals surface area contributed by atoms with Crippen LogP contribution in [0.5, 0.6) is 0 Å². The number of fused-ring (bicyclic) bond motifs is 5. The number of alkyl carbamates (subject to hydrolysis) is 1. The van der Waals surface area contributed by atoms with Crippen molar-refractivity contribution in [2.24, 2.45) is 34.5 Å². The molecule has 3 N–H and O–H groups in total. The van der Waals surface area contributed by atoms with Gasteiger partial charge in [-0.15, -0.1) is 0 Å². The molecule has 0 spiro atoms. The predicted octanol–water partition coefficient (Wildman–Crippen LogP) is 4.18. The van der Waals surface area contributed by atoms with E-state index in [-0.39, 0.29) is 35.2 Å². The van der Waals surface area contributed by atoms with Crippen molar-refractivity contribution in [3.05, 3.63) is 11.6 Å². The van der Waals surface area contributed by atoms with Gasteiger partial charge in [0.1, 0.15) is 11.4 Å². The fourth-order valence-electron chi connectivity index (χ4n) is 8.54. The van der Waals surface area contributed by atoms with E-state index in [2.05, 4.69) is 24.5 Å². The number of amides is 1. The van der Waals surface area contributed by atoms with Crippen LogP contribution in [0.25, 0.3) is 0 Å². The SMILES string of the molecule is CC(=O)[C@H]1CC[C@H]2[C@@H]3CCC4=CC(=O)CC[C@]4(C)[C@H]3[C@@H](NC[C@H](CO)NC(=O)OC(C)(C)C)C[C@]12C. The molecular formula is C29H46N2O5. The van der Waals surface area contributed by atoms with E-state index in [1.807, 2.05) is 26.8 Å². The Labute approximate surface area is 216 Å². The first-order valence-electron chi connectivity index (χ1n) is 13.9.